The van der Waals surface area contributed by atoms with E-state index < -0.39 is 0 Å². The second-order valence-corrected chi connectivity index (χ2v) is 6.90. The van der Waals surface area contributed by atoms with E-state index in [2.05, 4.69) is 20.5 Å². The average Bonchev–Trinajstić information content (AvgIpc) is 3.29. The number of aryl methyl sites for hydroxylation is 1. The van der Waals surface area contributed by atoms with Crippen molar-refractivity contribution in [3.05, 3.63) is 41.9 Å². The fourth-order valence-corrected chi connectivity index (χ4v) is 3.97. The number of rotatable bonds is 5. The van der Waals surface area contributed by atoms with Gasteiger partial charge in [-0.05, 0) is 25.5 Å². The number of thiazole rings is 1. The van der Waals surface area contributed by atoms with Gasteiger partial charge in [-0.1, -0.05) is 0 Å². The Bertz CT molecular complexity index is 759. The minimum Gasteiger partial charge on any atom is -0.293 e. The third-order valence-electron chi connectivity index (χ3n) is 4.32. The van der Waals surface area contributed by atoms with E-state index in [-0.39, 0.29) is 0 Å². The van der Waals surface area contributed by atoms with Crippen molar-refractivity contribution in [3.63, 3.8) is 0 Å². The molecular formula is C16H20N6S. The lowest BCUT2D eigenvalue weighted by atomic mass is 10.2. The van der Waals surface area contributed by atoms with Gasteiger partial charge in [0, 0.05) is 49.2 Å². The predicted octanol–water partition coefficient (Wildman–Crippen LogP) is 2.40. The van der Waals surface area contributed by atoms with Crippen LogP contribution in [0.3, 0.4) is 0 Å². The molecular weight excluding hydrogens is 308 g/mol. The van der Waals surface area contributed by atoms with E-state index in [1.807, 2.05) is 47.3 Å². The summed E-state index contributed by atoms with van der Waals surface area (Å²) in [5.41, 5.74) is 2.25. The van der Waals surface area contributed by atoms with Crippen LogP contribution in [0.15, 0.2) is 36.2 Å². The van der Waals surface area contributed by atoms with Gasteiger partial charge in [0.25, 0.3) is 0 Å². The Morgan fingerprint density at radius 3 is 3.09 bits per heavy atom. The van der Waals surface area contributed by atoms with Gasteiger partial charge in [0.1, 0.15) is 5.01 Å². The number of hydrogen-bond donors (Lipinski definition) is 0. The Morgan fingerprint density at radius 1 is 1.35 bits per heavy atom. The highest BCUT2D eigenvalue weighted by Crippen LogP contribution is 2.26. The molecule has 0 radical (unpaired) electrons. The molecule has 4 rings (SSSR count). The number of nitrogens with zero attached hydrogens (tertiary/aromatic N) is 6. The summed E-state index contributed by atoms with van der Waals surface area (Å²) in [6.45, 7) is 3.03. The van der Waals surface area contributed by atoms with Crippen LogP contribution in [0.5, 0.6) is 0 Å². The normalized spacial score (nSPS) is 18.7. The van der Waals surface area contributed by atoms with Crippen LogP contribution in [0.4, 0.5) is 0 Å². The lowest BCUT2D eigenvalue weighted by Gasteiger charge is -2.23. The molecule has 23 heavy (non-hydrogen) atoms. The maximum absolute atomic E-state index is 4.79. The van der Waals surface area contributed by atoms with Gasteiger partial charge < -0.3 is 0 Å². The summed E-state index contributed by atoms with van der Waals surface area (Å²) >= 11 is 1.70. The molecule has 1 atom stereocenters. The summed E-state index contributed by atoms with van der Waals surface area (Å²) in [6, 6.07) is 2.54. The van der Waals surface area contributed by atoms with Crippen LogP contribution >= 0.6 is 11.3 Å². The van der Waals surface area contributed by atoms with Crippen molar-refractivity contribution in [1.29, 1.82) is 0 Å². The monoisotopic (exact) mass is 328 g/mol. The van der Waals surface area contributed by atoms with Gasteiger partial charge in [-0.25, -0.2) is 4.98 Å². The number of aromatic nitrogens is 5. The summed E-state index contributed by atoms with van der Waals surface area (Å²) in [6.07, 6.45) is 10.3. The Kier molecular flexibility index (Phi) is 3.97. The van der Waals surface area contributed by atoms with Crippen molar-refractivity contribution in [2.45, 2.75) is 32.0 Å². The lowest BCUT2D eigenvalue weighted by Crippen LogP contribution is -2.32. The van der Waals surface area contributed by atoms with E-state index in [9.17, 15) is 0 Å². The third kappa shape index (κ3) is 3.20. The quantitative estimate of drug-likeness (QED) is 0.722. The van der Waals surface area contributed by atoms with E-state index >= 15 is 0 Å². The first kappa shape index (κ1) is 14.6. The number of hydrogen-bond acceptors (Lipinski definition) is 5. The van der Waals surface area contributed by atoms with Crippen LogP contribution in [0, 0.1) is 0 Å². The molecule has 0 aromatic carbocycles. The van der Waals surface area contributed by atoms with Crippen molar-refractivity contribution in [3.8, 4) is 10.6 Å². The molecule has 0 bridgehead atoms. The van der Waals surface area contributed by atoms with Gasteiger partial charge in [0.2, 0.25) is 0 Å². The highest BCUT2D eigenvalue weighted by Gasteiger charge is 2.25. The van der Waals surface area contributed by atoms with Crippen LogP contribution in [0.2, 0.25) is 0 Å². The first-order valence-corrected chi connectivity index (χ1v) is 8.81. The van der Waals surface area contributed by atoms with Crippen LogP contribution < -0.4 is 0 Å². The second-order valence-electron chi connectivity index (χ2n) is 6.04. The SMILES string of the molecule is Cn1cc(-c2nc(CN3CCCC3Cn3cccn3)cs2)cn1. The zero-order valence-corrected chi connectivity index (χ0v) is 14.0. The molecule has 1 saturated heterocycles. The molecule has 0 saturated carbocycles. The van der Waals surface area contributed by atoms with Gasteiger partial charge in [0.15, 0.2) is 0 Å². The van der Waals surface area contributed by atoms with Crippen LogP contribution in [-0.4, -0.2) is 42.0 Å². The molecule has 1 aliphatic heterocycles. The van der Waals surface area contributed by atoms with Crippen molar-refractivity contribution in [2.75, 3.05) is 6.54 Å². The summed E-state index contributed by atoms with van der Waals surface area (Å²) in [5, 5.41) is 11.8. The summed E-state index contributed by atoms with van der Waals surface area (Å²) in [7, 11) is 1.93. The summed E-state index contributed by atoms with van der Waals surface area (Å²) in [4.78, 5) is 7.32. The Labute approximate surface area is 139 Å². The molecule has 1 unspecified atom stereocenters. The van der Waals surface area contributed by atoms with Crippen molar-refractivity contribution in [1.82, 2.24) is 29.4 Å². The van der Waals surface area contributed by atoms with Crippen molar-refractivity contribution in [2.24, 2.45) is 7.05 Å². The van der Waals surface area contributed by atoms with Crippen LogP contribution in [0.25, 0.3) is 10.6 Å². The predicted molar refractivity (Wildman–Crippen MR) is 90.0 cm³/mol. The molecule has 1 fully saturated rings. The Hall–Kier alpha value is -1.99. The lowest BCUT2D eigenvalue weighted by molar-refractivity contribution is 0.217. The molecule has 4 heterocycles. The topological polar surface area (TPSA) is 51.8 Å². The van der Waals surface area contributed by atoms with Crippen molar-refractivity contribution >= 4 is 11.3 Å². The zero-order chi connectivity index (χ0) is 15.6. The van der Waals surface area contributed by atoms with Gasteiger partial charge in [-0.3, -0.25) is 14.3 Å². The zero-order valence-electron chi connectivity index (χ0n) is 13.2. The highest BCUT2D eigenvalue weighted by atomic mass is 32.1. The maximum atomic E-state index is 4.79. The van der Waals surface area contributed by atoms with Gasteiger partial charge >= 0.3 is 0 Å². The standard InChI is InChI=1S/C16H20N6S/c1-20-9-13(8-18-20)16-19-14(12-23-16)10-21-6-2-4-15(21)11-22-7-3-5-17-22/h3,5,7-9,12,15H,2,4,6,10-11H2,1H3. The van der Waals surface area contributed by atoms with E-state index in [4.69, 9.17) is 4.98 Å². The molecule has 3 aromatic heterocycles. The highest BCUT2D eigenvalue weighted by molar-refractivity contribution is 7.13. The fraction of sp³-hybridized carbons (Fsp3) is 0.438. The number of likely N-dealkylation sites (tertiary alicyclic amines) is 1. The van der Waals surface area contributed by atoms with Crippen molar-refractivity contribution < 1.29 is 0 Å². The van der Waals surface area contributed by atoms with E-state index in [0.29, 0.717) is 6.04 Å². The molecule has 0 N–H and O–H groups in total. The first-order valence-electron chi connectivity index (χ1n) is 7.93. The minimum atomic E-state index is 0.554. The minimum absolute atomic E-state index is 0.554. The second kappa shape index (κ2) is 6.25. The molecule has 1 aliphatic rings. The van der Waals surface area contributed by atoms with E-state index in [1.54, 1.807) is 11.3 Å². The fourth-order valence-electron chi connectivity index (χ4n) is 3.19. The molecule has 120 valence electrons. The first-order chi connectivity index (χ1) is 11.3. The molecule has 0 aliphatic carbocycles. The summed E-state index contributed by atoms with van der Waals surface area (Å²) < 4.78 is 3.85. The molecule has 0 amide bonds. The average molecular weight is 328 g/mol. The maximum Gasteiger partial charge on any atom is 0.126 e. The molecule has 0 spiro atoms. The Balaban J connectivity index is 1.44. The van der Waals surface area contributed by atoms with Gasteiger partial charge in [-0.2, -0.15) is 10.2 Å². The van der Waals surface area contributed by atoms with E-state index in [1.165, 1.54) is 12.8 Å². The largest absolute Gasteiger partial charge is 0.293 e. The third-order valence-corrected chi connectivity index (χ3v) is 5.26. The van der Waals surface area contributed by atoms with Crippen LogP contribution in [-0.2, 0) is 20.1 Å². The van der Waals surface area contributed by atoms with Gasteiger partial charge in [0.05, 0.1) is 18.4 Å². The Morgan fingerprint density at radius 2 is 2.30 bits per heavy atom. The van der Waals surface area contributed by atoms with Crippen LogP contribution in [0.1, 0.15) is 18.5 Å². The summed E-state index contributed by atoms with van der Waals surface area (Å²) in [5.74, 6) is 0. The molecule has 6 nitrogen and oxygen atoms in total. The molecule has 3 aromatic rings. The van der Waals surface area contributed by atoms with Gasteiger partial charge in [-0.15, -0.1) is 11.3 Å². The van der Waals surface area contributed by atoms with E-state index in [0.717, 1.165) is 35.9 Å². The molecule has 7 heteroatoms. The smallest absolute Gasteiger partial charge is 0.126 e.